The van der Waals surface area contributed by atoms with Crippen molar-refractivity contribution in [2.24, 2.45) is 0 Å². The molecule has 0 spiro atoms. The van der Waals surface area contributed by atoms with Crippen molar-refractivity contribution < 1.29 is 14.7 Å². The largest absolute Gasteiger partial charge is 0.478 e. The molecule has 0 unspecified atom stereocenters. The number of carboxylic acids is 1. The van der Waals surface area contributed by atoms with E-state index in [4.69, 9.17) is 5.11 Å². The number of hydrogen-bond donors (Lipinski definition) is 3. The van der Waals surface area contributed by atoms with E-state index in [1.807, 2.05) is 32.0 Å². The molecular formula is C19H17N3O3. The highest BCUT2D eigenvalue weighted by atomic mass is 16.4. The van der Waals surface area contributed by atoms with Crippen LogP contribution in [0.25, 0.3) is 0 Å². The van der Waals surface area contributed by atoms with E-state index in [0.29, 0.717) is 11.4 Å². The summed E-state index contributed by atoms with van der Waals surface area (Å²) < 4.78 is 0. The molecule has 0 bridgehead atoms. The predicted molar refractivity (Wildman–Crippen MR) is 95.3 cm³/mol. The number of nitriles is 1. The van der Waals surface area contributed by atoms with Gasteiger partial charge in [0.2, 0.25) is 0 Å². The van der Waals surface area contributed by atoms with Crippen LogP contribution in [0.2, 0.25) is 0 Å². The lowest BCUT2D eigenvalue weighted by atomic mass is 10.1. The minimum Gasteiger partial charge on any atom is -0.478 e. The van der Waals surface area contributed by atoms with Crippen LogP contribution < -0.4 is 10.6 Å². The van der Waals surface area contributed by atoms with E-state index in [-0.39, 0.29) is 11.1 Å². The van der Waals surface area contributed by atoms with Gasteiger partial charge in [-0.05, 0) is 43.7 Å². The predicted octanol–water partition coefficient (Wildman–Crippen LogP) is 3.46. The zero-order valence-corrected chi connectivity index (χ0v) is 13.8. The number of aromatic carboxylic acids is 1. The molecule has 126 valence electrons. The van der Waals surface area contributed by atoms with Crippen molar-refractivity contribution in [2.75, 3.05) is 10.6 Å². The van der Waals surface area contributed by atoms with Gasteiger partial charge in [-0.3, -0.25) is 4.79 Å². The van der Waals surface area contributed by atoms with E-state index >= 15 is 0 Å². The first-order valence-corrected chi connectivity index (χ1v) is 7.49. The summed E-state index contributed by atoms with van der Waals surface area (Å²) in [5, 5.41) is 23.6. The molecule has 1 amide bonds. The third kappa shape index (κ3) is 4.69. The maximum atomic E-state index is 12.2. The molecule has 0 saturated heterocycles. The van der Waals surface area contributed by atoms with Gasteiger partial charge in [-0.15, -0.1) is 0 Å². The molecule has 2 aromatic carbocycles. The summed E-state index contributed by atoms with van der Waals surface area (Å²) in [6.07, 6.45) is 1.25. The summed E-state index contributed by atoms with van der Waals surface area (Å²) in [6.45, 7) is 3.82. The third-order valence-electron chi connectivity index (χ3n) is 3.49. The molecule has 0 aliphatic rings. The molecule has 0 aromatic heterocycles. The normalized spacial score (nSPS) is 10.7. The molecule has 6 nitrogen and oxygen atoms in total. The number of carbonyl (C=O) groups excluding carboxylic acids is 1. The van der Waals surface area contributed by atoms with Gasteiger partial charge in [0.25, 0.3) is 5.91 Å². The summed E-state index contributed by atoms with van der Waals surface area (Å²) in [5.74, 6) is -1.60. The number of anilines is 2. The van der Waals surface area contributed by atoms with Crippen molar-refractivity contribution in [3.63, 3.8) is 0 Å². The van der Waals surface area contributed by atoms with Crippen LogP contribution in [0.15, 0.2) is 54.2 Å². The van der Waals surface area contributed by atoms with Crippen molar-refractivity contribution in [3.05, 3.63) is 70.9 Å². The molecular weight excluding hydrogens is 318 g/mol. The van der Waals surface area contributed by atoms with E-state index in [2.05, 4.69) is 10.6 Å². The molecule has 0 fully saturated rings. The summed E-state index contributed by atoms with van der Waals surface area (Å²) in [6, 6.07) is 13.5. The SMILES string of the molecule is Cc1ccc(NC(=O)/C(C#N)=C\Nc2cccc(C(=O)O)c2)c(C)c1. The van der Waals surface area contributed by atoms with E-state index in [1.54, 1.807) is 18.2 Å². The van der Waals surface area contributed by atoms with Crippen LogP contribution in [0, 0.1) is 25.2 Å². The lowest BCUT2D eigenvalue weighted by Gasteiger charge is -2.09. The van der Waals surface area contributed by atoms with Gasteiger partial charge in [-0.25, -0.2) is 4.79 Å². The Morgan fingerprint density at radius 2 is 1.92 bits per heavy atom. The van der Waals surface area contributed by atoms with Crippen molar-refractivity contribution in [3.8, 4) is 6.07 Å². The minimum absolute atomic E-state index is 0.108. The number of benzene rings is 2. The van der Waals surface area contributed by atoms with Crippen LogP contribution in [0.4, 0.5) is 11.4 Å². The van der Waals surface area contributed by atoms with Gasteiger partial charge < -0.3 is 15.7 Å². The first-order valence-electron chi connectivity index (χ1n) is 7.49. The molecule has 3 N–H and O–H groups in total. The van der Waals surface area contributed by atoms with Crippen LogP contribution in [0.5, 0.6) is 0 Å². The number of carbonyl (C=O) groups is 2. The summed E-state index contributed by atoms with van der Waals surface area (Å²) in [4.78, 5) is 23.2. The van der Waals surface area contributed by atoms with Crippen LogP contribution in [0.1, 0.15) is 21.5 Å². The van der Waals surface area contributed by atoms with Gasteiger partial charge in [0.15, 0.2) is 0 Å². The minimum atomic E-state index is -1.05. The van der Waals surface area contributed by atoms with Gasteiger partial charge in [-0.2, -0.15) is 5.26 Å². The van der Waals surface area contributed by atoms with Crippen molar-refractivity contribution in [1.29, 1.82) is 5.26 Å². The number of aryl methyl sites for hydroxylation is 2. The molecule has 25 heavy (non-hydrogen) atoms. The molecule has 2 aromatic rings. The molecule has 0 atom stereocenters. The average Bonchev–Trinajstić information content (AvgIpc) is 2.58. The second kappa shape index (κ2) is 7.79. The monoisotopic (exact) mass is 335 g/mol. The standard InChI is InChI=1S/C19H17N3O3/c1-12-6-7-17(13(2)8-12)22-18(23)15(10-20)11-21-16-5-3-4-14(9-16)19(24)25/h3-9,11,21H,1-2H3,(H,22,23)(H,24,25)/b15-11-. The summed E-state index contributed by atoms with van der Waals surface area (Å²) in [5.41, 5.74) is 3.05. The molecule has 0 heterocycles. The van der Waals surface area contributed by atoms with E-state index in [0.717, 1.165) is 11.1 Å². The van der Waals surface area contributed by atoms with Crippen LogP contribution >= 0.6 is 0 Å². The van der Waals surface area contributed by atoms with Crippen molar-refractivity contribution in [1.82, 2.24) is 0 Å². The number of hydrogen-bond acceptors (Lipinski definition) is 4. The topological polar surface area (TPSA) is 102 Å². The second-order valence-corrected chi connectivity index (χ2v) is 5.47. The molecule has 2 rings (SSSR count). The smallest absolute Gasteiger partial charge is 0.335 e. The number of nitrogens with one attached hydrogen (secondary N) is 2. The fourth-order valence-corrected chi connectivity index (χ4v) is 2.19. The third-order valence-corrected chi connectivity index (χ3v) is 3.49. The Hall–Kier alpha value is -3.59. The number of nitrogens with zero attached hydrogens (tertiary/aromatic N) is 1. The Labute approximate surface area is 145 Å². The molecule has 6 heteroatoms. The van der Waals surface area contributed by atoms with Gasteiger partial charge >= 0.3 is 5.97 Å². The maximum absolute atomic E-state index is 12.2. The summed E-state index contributed by atoms with van der Waals surface area (Å²) in [7, 11) is 0. The zero-order chi connectivity index (χ0) is 18.4. The Morgan fingerprint density at radius 3 is 2.56 bits per heavy atom. The van der Waals surface area contributed by atoms with Gasteiger partial charge in [0, 0.05) is 17.6 Å². The number of rotatable bonds is 5. The summed E-state index contributed by atoms with van der Waals surface area (Å²) >= 11 is 0. The first-order chi connectivity index (χ1) is 11.9. The highest BCUT2D eigenvalue weighted by molar-refractivity contribution is 6.07. The Kier molecular flexibility index (Phi) is 5.54. The Bertz CT molecular complexity index is 895. The maximum Gasteiger partial charge on any atom is 0.335 e. The number of carboxylic acid groups (broad SMARTS) is 1. The molecule has 0 aliphatic carbocycles. The second-order valence-electron chi connectivity index (χ2n) is 5.47. The average molecular weight is 335 g/mol. The lowest BCUT2D eigenvalue weighted by molar-refractivity contribution is -0.112. The molecule has 0 saturated carbocycles. The van der Waals surface area contributed by atoms with Gasteiger partial charge in [-0.1, -0.05) is 23.8 Å². The zero-order valence-electron chi connectivity index (χ0n) is 13.8. The van der Waals surface area contributed by atoms with Crippen LogP contribution in [-0.4, -0.2) is 17.0 Å². The highest BCUT2D eigenvalue weighted by Gasteiger charge is 2.11. The highest BCUT2D eigenvalue weighted by Crippen LogP contribution is 2.17. The first kappa shape index (κ1) is 17.8. The lowest BCUT2D eigenvalue weighted by Crippen LogP contribution is -2.15. The Morgan fingerprint density at radius 1 is 1.16 bits per heavy atom. The van der Waals surface area contributed by atoms with Gasteiger partial charge in [0.1, 0.15) is 11.6 Å². The molecule has 0 radical (unpaired) electrons. The van der Waals surface area contributed by atoms with E-state index < -0.39 is 11.9 Å². The Balaban J connectivity index is 2.14. The van der Waals surface area contributed by atoms with E-state index in [1.165, 1.54) is 18.3 Å². The fourth-order valence-electron chi connectivity index (χ4n) is 2.19. The number of amides is 1. The quantitative estimate of drug-likeness (QED) is 0.573. The fraction of sp³-hybridized carbons (Fsp3) is 0.105. The van der Waals surface area contributed by atoms with Crippen LogP contribution in [0.3, 0.4) is 0 Å². The van der Waals surface area contributed by atoms with Crippen molar-refractivity contribution in [2.45, 2.75) is 13.8 Å². The molecule has 0 aliphatic heterocycles. The van der Waals surface area contributed by atoms with Crippen LogP contribution in [-0.2, 0) is 4.79 Å². The van der Waals surface area contributed by atoms with Gasteiger partial charge in [0.05, 0.1) is 5.56 Å². The van der Waals surface area contributed by atoms with Crippen molar-refractivity contribution >= 4 is 23.3 Å². The van der Waals surface area contributed by atoms with E-state index in [9.17, 15) is 14.9 Å².